The molecule has 56 valence electrons. The zero-order chi connectivity index (χ0) is 7.11. The fourth-order valence-electron chi connectivity index (χ4n) is 0.530. The van der Waals surface area contributed by atoms with E-state index in [9.17, 15) is 0 Å². The molecule has 9 heavy (non-hydrogen) atoms. The number of ether oxygens (including phenoxy) is 1. The van der Waals surface area contributed by atoms with Crippen molar-refractivity contribution in [3.63, 3.8) is 0 Å². The Hall–Kier alpha value is -0.120. The smallest absolute Gasteiger partial charge is 0.0639 e. The van der Waals surface area contributed by atoms with Gasteiger partial charge >= 0.3 is 0 Å². The zero-order valence-corrected chi connectivity index (χ0v) is 6.31. The summed E-state index contributed by atoms with van der Waals surface area (Å²) in [7, 11) is 1.60. The molecule has 3 heteroatoms. The predicted molar refractivity (Wildman–Crippen MR) is 36.1 cm³/mol. The van der Waals surface area contributed by atoms with Gasteiger partial charge in [0.2, 0.25) is 0 Å². The van der Waals surface area contributed by atoms with Crippen LogP contribution in [0.1, 0.15) is 13.8 Å². The van der Waals surface area contributed by atoms with Crippen LogP contribution in [-0.2, 0) is 9.57 Å². The Bertz CT molecular complexity index is 59.0. The van der Waals surface area contributed by atoms with Gasteiger partial charge in [-0.1, -0.05) is 0 Å². The molecular formula is C6H15NO2. The molecule has 1 atom stereocenters. The molecule has 0 aromatic rings. The van der Waals surface area contributed by atoms with Gasteiger partial charge in [0.05, 0.1) is 19.8 Å². The van der Waals surface area contributed by atoms with Crippen LogP contribution in [0.4, 0.5) is 0 Å². The fraction of sp³-hybridized carbons (Fsp3) is 1.00. The summed E-state index contributed by atoms with van der Waals surface area (Å²) < 4.78 is 5.11. The van der Waals surface area contributed by atoms with Crippen molar-refractivity contribution in [2.24, 2.45) is 0 Å². The molecule has 0 rings (SSSR count). The first-order valence-corrected chi connectivity index (χ1v) is 3.17. The molecule has 0 aliphatic carbocycles. The lowest BCUT2D eigenvalue weighted by Gasteiger charge is -2.10. The summed E-state index contributed by atoms with van der Waals surface area (Å²) in [4.78, 5) is 4.67. The summed E-state index contributed by atoms with van der Waals surface area (Å²) in [5, 5.41) is 0. The van der Waals surface area contributed by atoms with Crippen molar-refractivity contribution in [1.29, 1.82) is 0 Å². The molecule has 0 aliphatic heterocycles. The van der Waals surface area contributed by atoms with E-state index in [0.29, 0.717) is 6.61 Å². The van der Waals surface area contributed by atoms with Crippen LogP contribution in [0.3, 0.4) is 0 Å². The molecule has 0 aliphatic rings. The number of nitrogens with one attached hydrogen (secondary N) is 1. The lowest BCUT2D eigenvalue weighted by Crippen LogP contribution is -2.29. The van der Waals surface area contributed by atoms with Crippen LogP contribution in [0.25, 0.3) is 0 Å². The van der Waals surface area contributed by atoms with Gasteiger partial charge < -0.3 is 9.57 Å². The summed E-state index contributed by atoms with van der Waals surface area (Å²) in [6, 6.07) is 0.273. The Morgan fingerprint density at radius 2 is 2.22 bits per heavy atom. The van der Waals surface area contributed by atoms with E-state index in [1.807, 2.05) is 13.8 Å². The highest BCUT2D eigenvalue weighted by atomic mass is 16.6. The average Bonchev–Trinajstić information content (AvgIpc) is 1.85. The highest BCUT2D eigenvalue weighted by molar-refractivity contribution is 4.49. The van der Waals surface area contributed by atoms with Crippen molar-refractivity contribution in [3.8, 4) is 0 Å². The van der Waals surface area contributed by atoms with Gasteiger partial charge in [-0.05, 0) is 13.8 Å². The number of hydroxylamine groups is 1. The first-order valence-electron chi connectivity index (χ1n) is 3.17. The third kappa shape index (κ3) is 5.76. The maximum atomic E-state index is 5.11. The molecule has 0 saturated heterocycles. The molecule has 1 unspecified atom stereocenters. The first-order chi connectivity index (χ1) is 4.31. The van der Waals surface area contributed by atoms with Crippen LogP contribution in [0.2, 0.25) is 0 Å². The number of hydrogen-bond acceptors (Lipinski definition) is 3. The zero-order valence-electron chi connectivity index (χ0n) is 6.31. The molecule has 0 bridgehead atoms. The lowest BCUT2D eigenvalue weighted by atomic mass is 10.4. The Morgan fingerprint density at radius 1 is 1.56 bits per heavy atom. The summed E-state index contributed by atoms with van der Waals surface area (Å²) in [6.45, 7) is 5.43. The van der Waals surface area contributed by atoms with E-state index >= 15 is 0 Å². The average molecular weight is 133 g/mol. The molecule has 0 aromatic carbocycles. The summed E-state index contributed by atoms with van der Waals surface area (Å²) in [5.74, 6) is 0. The largest absolute Gasteiger partial charge is 0.380 e. The quantitative estimate of drug-likeness (QED) is 0.556. The number of rotatable bonds is 5. The van der Waals surface area contributed by atoms with Crippen molar-refractivity contribution in [2.45, 2.75) is 19.9 Å². The van der Waals surface area contributed by atoms with E-state index in [1.165, 1.54) is 0 Å². The third-order valence-corrected chi connectivity index (χ3v) is 0.891. The molecular weight excluding hydrogens is 118 g/mol. The van der Waals surface area contributed by atoms with E-state index in [4.69, 9.17) is 4.74 Å². The summed E-state index contributed by atoms with van der Waals surface area (Å²) in [5.41, 5.74) is 2.76. The lowest BCUT2D eigenvalue weighted by molar-refractivity contribution is 0.0265. The molecule has 0 aromatic heterocycles. The van der Waals surface area contributed by atoms with Crippen LogP contribution in [0.15, 0.2) is 0 Å². The second-order valence-corrected chi connectivity index (χ2v) is 1.88. The second kappa shape index (κ2) is 6.01. The highest BCUT2D eigenvalue weighted by Gasteiger charge is 1.96. The molecule has 0 fully saturated rings. The van der Waals surface area contributed by atoms with Gasteiger partial charge in [-0.15, -0.1) is 0 Å². The normalized spacial score (nSPS) is 13.7. The van der Waals surface area contributed by atoms with Crippen LogP contribution < -0.4 is 5.48 Å². The Morgan fingerprint density at radius 3 is 2.67 bits per heavy atom. The minimum atomic E-state index is 0.273. The molecule has 3 nitrogen and oxygen atoms in total. The molecule has 0 heterocycles. The van der Waals surface area contributed by atoms with Crippen LogP contribution in [0.5, 0.6) is 0 Å². The van der Waals surface area contributed by atoms with Crippen molar-refractivity contribution in [3.05, 3.63) is 0 Å². The van der Waals surface area contributed by atoms with E-state index in [1.54, 1.807) is 7.11 Å². The Kier molecular flexibility index (Phi) is 5.93. The highest BCUT2D eigenvalue weighted by Crippen LogP contribution is 1.82. The van der Waals surface area contributed by atoms with Gasteiger partial charge in [0.15, 0.2) is 0 Å². The van der Waals surface area contributed by atoms with Gasteiger partial charge in [-0.2, -0.15) is 5.48 Å². The van der Waals surface area contributed by atoms with Crippen molar-refractivity contribution in [2.75, 3.05) is 20.3 Å². The topological polar surface area (TPSA) is 30.5 Å². The van der Waals surface area contributed by atoms with Crippen LogP contribution >= 0.6 is 0 Å². The van der Waals surface area contributed by atoms with Crippen molar-refractivity contribution >= 4 is 0 Å². The van der Waals surface area contributed by atoms with E-state index in [0.717, 1.165) is 6.61 Å². The number of hydrogen-bond donors (Lipinski definition) is 1. The van der Waals surface area contributed by atoms with E-state index < -0.39 is 0 Å². The Labute approximate surface area is 56.3 Å². The fourth-order valence-corrected chi connectivity index (χ4v) is 0.530. The van der Waals surface area contributed by atoms with Crippen molar-refractivity contribution in [1.82, 2.24) is 5.48 Å². The summed E-state index contributed by atoms with van der Waals surface area (Å²) in [6.07, 6.45) is 0. The SMILES string of the molecule is CCOCC(C)NOC. The minimum absolute atomic E-state index is 0.273. The molecule has 1 N–H and O–H groups in total. The monoisotopic (exact) mass is 133 g/mol. The van der Waals surface area contributed by atoms with Gasteiger partial charge in [0, 0.05) is 6.61 Å². The molecule has 0 spiro atoms. The molecule has 0 amide bonds. The van der Waals surface area contributed by atoms with Gasteiger partial charge in [-0.25, -0.2) is 0 Å². The van der Waals surface area contributed by atoms with E-state index in [2.05, 4.69) is 10.3 Å². The van der Waals surface area contributed by atoms with E-state index in [-0.39, 0.29) is 6.04 Å². The van der Waals surface area contributed by atoms with Gasteiger partial charge in [0.25, 0.3) is 0 Å². The van der Waals surface area contributed by atoms with Crippen LogP contribution in [-0.4, -0.2) is 26.4 Å². The predicted octanol–water partition coefficient (Wildman–Crippen LogP) is 0.562. The van der Waals surface area contributed by atoms with Gasteiger partial charge in [-0.3, -0.25) is 0 Å². The van der Waals surface area contributed by atoms with Crippen molar-refractivity contribution < 1.29 is 9.57 Å². The Balaban J connectivity index is 2.95. The van der Waals surface area contributed by atoms with Crippen LogP contribution in [0, 0.1) is 0 Å². The second-order valence-electron chi connectivity index (χ2n) is 1.88. The summed E-state index contributed by atoms with van der Waals surface area (Å²) >= 11 is 0. The maximum Gasteiger partial charge on any atom is 0.0639 e. The molecule has 0 saturated carbocycles. The third-order valence-electron chi connectivity index (χ3n) is 0.891. The minimum Gasteiger partial charge on any atom is -0.380 e. The standard InChI is InChI=1S/C6H15NO2/c1-4-9-5-6(2)7-8-3/h6-7H,4-5H2,1-3H3. The maximum absolute atomic E-state index is 5.11. The first kappa shape index (κ1) is 8.88. The molecule has 0 radical (unpaired) electrons. The van der Waals surface area contributed by atoms with Gasteiger partial charge in [0.1, 0.15) is 0 Å².